The lowest BCUT2D eigenvalue weighted by molar-refractivity contribution is -0.331. The lowest BCUT2D eigenvalue weighted by atomic mass is 9.97. The first-order chi connectivity index (χ1) is 30.2. The lowest BCUT2D eigenvalue weighted by Gasteiger charge is -2.46. The van der Waals surface area contributed by atoms with Crippen molar-refractivity contribution < 1.29 is 85.7 Å². The molecule has 0 unspecified atom stereocenters. The fourth-order valence-corrected chi connectivity index (χ4v) is 6.56. The van der Waals surface area contributed by atoms with Crippen molar-refractivity contribution in [3.8, 4) is 0 Å². The van der Waals surface area contributed by atoms with E-state index in [9.17, 15) is 33.6 Å². The Kier molecular flexibility index (Phi) is 17.3. The predicted molar refractivity (Wildman–Crippen MR) is 213 cm³/mol. The number of carbonyl (C=O) groups excluding carboxylic acids is 7. The van der Waals surface area contributed by atoms with Crippen molar-refractivity contribution in [2.75, 3.05) is 19.8 Å². The van der Waals surface area contributed by atoms with E-state index in [1.165, 1.54) is 42.5 Å². The molecule has 0 radical (unpaired) electrons. The van der Waals surface area contributed by atoms with Crippen molar-refractivity contribution in [1.29, 1.82) is 0 Å². The molecular formula is C45H46O18. The molecule has 63 heavy (non-hydrogen) atoms. The number of rotatable bonds is 17. The van der Waals surface area contributed by atoms with Crippen LogP contribution in [0.15, 0.2) is 109 Å². The molecule has 3 aromatic rings. The van der Waals surface area contributed by atoms with E-state index >= 15 is 0 Å². The van der Waals surface area contributed by atoms with Crippen molar-refractivity contribution in [2.45, 2.75) is 89.1 Å². The maximum absolute atomic E-state index is 13.9. The van der Waals surface area contributed by atoms with Gasteiger partial charge in [0, 0.05) is 27.7 Å². The zero-order chi connectivity index (χ0) is 45.5. The molecule has 18 heteroatoms. The van der Waals surface area contributed by atoms with Crippen molar-refractivity contribution >= 4 is 41.8 Å². The first-order valence-corrected chi connectivity index (χ1v) is 19.6. The standard InChI is InChI=1S/C45H46O18/c1-6-7-23-53-44-40(63-43(52)32-21-15-10-16-22-32)38(62-42(51)31-19-13-9-14-20-31)36(61-41(50)30-17-11-8-12-18-30)34(59-44)25-55-45-39(58-29(5)49)37(57-28(4)48)35(56-27(3)47)33(60-45)24-54-26(2)46/h7-22,33-40,44-45H,1,23-25H2,2-5H3/t33-,34-,35+,36-,37+,38+,39-,40-,44-,45-/m1/s1. The highest BCUT2D eigenvalue weighted by molar-refractivity contribution is 5.91. The SMILES string of the molecule is C=C=CCO[C@@H]1O[C@H](CO[C@@H]2O[C@H](COC(C)=O)[C@H](OC(C)=O)[C@H](OC(C)=O)[C@H]2OC(C)=O)[C@@H](OC(=O)c2ccccc2)[C@H](OC(=O)c2ccccc2)[C@H]1OC(=O)c1ccccc1. The van der Waals surface area contributed by atoms with E-state index < -0.39 is 116 Å². The summed E-state index contributed by atoms with van der Waals surface area (Å²) in [6.45, 7) is 6.41. The molecule has 0 spiro atoms. The molecule has 0 aromatic heterocycles. The fourth-order valence-electron chi connectivity index (χ4n) is 6.56. The Labute approximate surface area is 361 Å². The molecule has 2 saturated heterocycles. The first kappa shape index (κ1) is 47.4. The Bertz CT molecular complexity index is 2100. The van der Waals surface area contributed by atoms with Crippen LogP contribution in [-0.2, 0) is 71.3 Å². The van der Waals surface area contributed by atoms with E-state index in [2.05, 4.69) is 12.3 Å². The van der Waals surface area contributed by atoms with Gasteiger partial charge >= 0.3 is 41.8 Å². The van der Waals surface area contributed by atoms with Crippen LogP contribution in [0.2, 0.25) is 0 Å². The largest absolute Gasteiger partial charge is 0.463 e. The summed E-state index contributed by atoms with van der Waals surface area (Å²) < 4.78 is 64.6. The van der Waals surface area contributed by atoms with E-state index in [1.807, 2.05) is 0 Å². The molecule has 3 aromatic carbocycles. The second kappa shape index (κ2) is 23.0. The van der Waals surface area contributed by atoms with Crippen molar-refractivity contribution in [2.24, 2.45) is 0 Å². The van der Waals surface area contributed by atoms with Gasteiger partial charge in [-0.1, -0.05) is 61.2 Å². The molecule has 0 saturated carbocycles. The molecule has 2 heterocycles. The highest BCUT2D eigenvalue weighted by Crippen LogP contribution is 2.34. The maximum Gasteiger partial charge on any atom is 0.338 e. The number of ether oxygens (including phenoxy) is 11. The molecule has 5 rings (SSSR count). The molecular weight excluding hydrogens is 828 g/mol. The van der Waals surface area contributed by atoms with Gasteiger partial charge in [-0.3, -0.25) is 19.2 Å². The monoisotopic (exact) mass is 874 g/mol. The third-order valence-corrected chi connectivity index (χ3v) is 9.21. The molecule has 10 atom stereocenters. The maximum atomic E-state index is 13.9. The summed E-state index contributed by atoms with van der Waals surface area (Å²) in [7, 11) is 0. The zero-order valence-corrected chi connectivity index (χ0v) is 34.7. The summed E-state index contributed by atoms with van der Waals surface area (Å²) >= 11 is 0. The third-order valence-electron chi connectivity index (χ3n) is 9.21. The number of hydrogen-bond donors (Lipinski definition) is 0. The van der Waals surface area contributed by atoms with Gasteiger partial charge in [0.2, 0.25) is 0 Å². The van der Waals surface area contributed by atoms with Crippen molar-refractivity contribution in [3.63, 3.8) is 0 Å². The lowest BCUT2D eigenvalue weighted by Crippen LogP contribution is -2.65. The van der Waals surface area contributed by atoms with E-state index in [4.69, 9.17) is 52.1 Å². The molecule has 2 fully saturated rings. The smallest absolute Gasteiger partial charge is 0.338 e. The van der Waals surface area contributed by atoms with Gasteiger partial charge in [0.15, 0.2) is 49.2 Å². The Balaban J connectivity index is 1.60. The van der Waals surface area contributed by atoms with Crippen LogP contribution in [0, 0.1) is 0 Å². The summed E-state index contributed by atoms with van der Waals surface area (Å²) in [6, 6.07) is 23.5. The predicted octanol–water partition coefficient (Wildman–Crippen LogP) is 3.85. The third kappa shape index (κ3) is 13.4. The summed E-state index contributed by atoms with van der Waals surface area (Å²) in [4.78, 5) is 90.7. The van der Waals surface area contributed by atoms with Crippen LogP contribution in [0.25, 0.3) is 0 Å². The van der Waals surface area contributed by atoms with Crippen molar-refractivity contribution in [3.05, 3.63) is 126 Å². The molecule has 0 aliphatic carbocycles. The summed E-state index contributed by atoms with van der Waals surface area (Å²) in [5.74, 6) is -6.05. The summed E-state index contributed by atoms with van der Waals surface area (Å²) in [5, 5.41) is 0. The average Bonchev–Trinajstić information content (AvgIpc) is 3.26. The Hall–Kier alpha value is -6.69. The normalized spacial score (nSPS) is 25.1. The van der Waals surface area contributed by atoms with Crippen LogP contribution < -0.4 is 0 Å². The van der Waals surface area contributed by atoms with Gasteiger partial charge < -0.3 is 52.1 Å². The number of hydrogen-bond acceptors (Lipinski definition) is 18. The van der Waals surface area contributed by atoms with Crippen LogP contribution in [-0.4, -0.2) is 123 Å². The van der Waals surface area contributed by atoms with Gasteiger partial charge in [-0.05, 0) is 42.5 Å². The molecule has 334 valence electrons. The van der Waals surface area contributed by atoms with Crippen LogP contribution in [0.4, 0.5) is 0 Å². The van der Waals surface area contributed by atoms with Crippen LogP contribution in [0.5, 0.6) is 0 Å². The van der Waals surface area contributed by atoms with Crippen LogP contribution in [0.3, 0.4) is 0 Å². The average molecular weight is 875 g/mol. The highest BCUT2D eigenvalue weighted by atomic mass is 16.8. The fraction of sp³-hybridized carbons (Fsp3) is 0.378. The van der Waals surface area contributed by atoms with Gasteiger partial charge in [-0.25, -0.2) is 14.4 Å². The summed E-state index contributed by atoms with van der Waals surface area (Å²) in [6.07, 6.45) is -14.5. The number of esters is 7. The molecule has 2 aliphatic rings. The second-order valence-corrected chi connectivity index (χ2v) is 13.9. The molecule has 18 nitrogen and oxygen atoms in total. The first-order valence-electron chi connectivity index (χ1n) is 19.6. The quantitative estimate of drug-likeness (QED) is 0.107. The second-order valence-electron chi connectivity index (χ2n) is 13.9. The van der Waals surface area contributed by atoms with Crippen LogP contribution >= 0.6 is 0 Å². The number of benzene rings is 3. The van der Waals surface area contributed by atoms with Crippen LogP contribution in [0.1, 0.15) is 58.8 Å². The summed E-state index contributed by atoms with van der Waals surface area (Å²) in [5.41, 5.74) is 2.84. The van der Waals surface area contributed by atoms with Gasteiger partial charge in [0.05, 0.1) is 29.9 Å². The molecule has 0 N–H and O–H groups in total. The van der Waals surface area contributed by atoms with Crippen molar-refractivity contribution in [1.82, 2.24) is 0 Å². The topological polar surface area (TPSA) is 221 Å². The van der Waals surface area contributed by atoms with Gasteiger partial charge in [-0.2, -0.15) is 0 Å². The minimum Gasteiger partial charge on any atom is -0.463 e. The van der Waals surface area contributed by atoms with Gasteiger partial charge in [0.1, 0.15) is 18.8 Å². The molecule has 0 bridgehead atoms. The van der Waals surface area contributed by atoms with E-state index in [0.29, 0.717) is 0 Å². The van der Waals surface area contributed by atoms with Gasteiger partial charge in [-0.15, -0.1) is 5.73 Å². The zero-order valence-electron chi connectivity index (χ0n) is 34.7. The Morgan fingerprint density at radius 1 is 0.492 bits per heavy atom. The minimum absolute atomic E-state index is 0.0808. The Morgan fingerprint density at radius 2 is 0.857 bits per heavy atom. The highest BCUT2D eigenvalue weighted by Gasteiger charge is 2.56. The van der Waals surface area contributed by atoms with E-state index in [0.717, 1.165) is 27.7 Å². The molecule has 0 amide bonds. The van der Waals surface area contributed by atoms with Gasteiger partial charge in [0.25, 0.3) is 0 Å². The molecule has 2 aliphatic heterocycles. The van der Waals surface area contributed by atoms with E-state index in [1.54, 1.807) is 54.6 Å². The Morgan fingerprint density at radius 3 is 1.32 bits per heavy atom. The van der Waals surface area contributed by atoms with E-state index in [-0.39, 0.29) is 23.3 Å². The minimum atomic E-state index is -1.71. The number of carbonyl (C=O) groups is 7.